The maximum absolute atomic E-state index is 13.1. The summed E-state index contributed by atoms with van der Waals surface area (Å²) < 4.78 is 2.07. The number of carbonyl (C=O) groups excluding carboxylic acids is 1. The van der Waals surface area contributed by atoms with Crippen molar-refractivity contribution >= 4 is 17.2 Å². The molecule has 3 nitrogen and oxygen atoms in total. The van der Waals surface area contributed by atoms with Gasteiger partial charge in [-0.2, -0.15) is 4.99 Å². The second kappa shape index (κ2) is 7.30. The zero-order valence-corrected chi connectivity index (χ0v) is 16.9. The van der Waals surface area contributed by atoms with Crippen molar-refractivity contribution in [2.24, 2.45) is 12.0 Å². The van der Waals surface area contributed by atoms with Gasteiger partial charge in [-0.3, -0.25) is 4.79 Å². The fraction of sp³-hybridized carbons (Fsp3) is 0.120. The number of hydrogen-bond acceptors (Lipinski definition) is 2. The van der Waals surface area contributed by atoms with Crippen molar-refractivity contribution in [2.75, 3.05) is 0 Å². The summed E-state index contributed by atoms with van der Waals surface area (Å²) in [4.78, 5) is 19.7. The molecule has 0 aliphatic heterocycles. The fourth-order valence-electron chi connectivity index (χ4n) is 4.01. The number of amides is 1. The Bertz CT molecular complexity index is 1280. The van der Waals surface area contributed by atoms with E-state index in [9.17, 15) is 4.79 Å². The van der Waals surface area contributed by atoms with Gasteiger partial charge in [0.05, 0.1) is 5.69 Å². The Hall–Kier alpha value is -3.24. The highest BCUT2D eigenvalue weighted by atomic mass is 32.1. The minimum atomic E-state index is -0.202. The van der Waals surface area contributed by atoms with Gasteiger partial charge in [-0.05, 0) is 35.6 Å². The molecule has 0 bridgehead atoms. The van der Waals surface area contributed by atoms with Crippen molar-refractivity contribution < 1.29 is 4.79 Å². The Kier molecular flexibility index (Phi) is 4.49. The van der Waals surface area contributed by atoms with Crippen LogP contribution in [0.4, 0.5) is 0 Å². The first kappa shape index (κ1) is 17.8. The first-order valence-corrected chi connectivity index (χ1v) is 10.5. The van der Waals surface area contributed by atoms with Crippen LogP contribution in [0, 0.1) is 0 Å². The molecule has 1 amide bonds. The third kappa shape index (κ3) is 3.15. The van der Waals surface area contributed by atoms with E-state index in [1.807, 2.05) is 61.6 Å². The quantitative estimate of drug-likeness (QED) is 0.455. The third-order valence-corrected chi connectivity index (χ3v) is 6.63. The molecule has 4 aromatic rings. The normalized spacial score (nSPS) is 13.1. The number of carbonyl (C=O) groups is 1. The average Bonchev–Trinajstić information content (AvgIpc) is 3.10. The Balaban J connectivity index is 1.61. The maximum Gasteiger partial charge on any atom is 0.280 e. The molecule has 0 saturated heterocycles. The van der Waals surface area contributed by atoms with Crippen molar-refractivity contribution in [3.8, 4) is 22.4 Å². The lowest BCUT2D eigenvalue weighted by molar-refractivity contribution is 0.0998. The van der Waals surface area contributed by atoms with Crippen molar-refractivity contribution in [1.29, 1.82) is 0 Å². The summed E-state index contributed by atoms with van der Waals surface area (Å²) in [6.45, 7) is 0. The number of rotatable bonds is 2. The van der Waals surface area contributed by atoms with E-state index in [0.717, 1.165) is 28.8 Å². The van der Waals surface area contributed by atoms with E-state index in [1.54, 1.807) is 11.3 Å². The van der Waals surface area contributed by atoms with Crippen molar-refractivity contribution in [1.82, 2.24) is 4.57 Å². The van der Waals surface area contributed by atoms with Gasteiger partial charge in [0.25, 0.3) is 5.91 Å². The molecule has 1 aliphatic rings. The largest absolute Gasteiger partial charge is 0.319 e. The second-order valence-electron chi connectivity index (χ2n) is 7.20. The number of benzene rings is 3. The molecular weight excluding hydrogens is 376 g/mol. The fourth-order valence-corrected chi connectivity index (χ4v) is 5.14. The summed E-state index contributed by atoms with van der Waals surface area (Å²) in [5.41, 5.74) is 6.38. The summed E-state index contributed by atoms with van der Waals surface area (Å²) in [5, 5.41) is 0. The average molecular weight is 397 g/mol. The van der Waals surface area contributed by atoms with Crippen LogP contribution in [0.15, 0.2) is 83.9 Å². The van der Waals surface area contributed by atoms with Crippen molar-refractivity contribution in [3.63, 3.8) is 0 Å². The van der Waals surface area contributed by atoms with E-state index in [4.69, 9.17) is 0 Å². The van der Waals surface area contributed by atoms with E-state index in [0.29, 0.717) is 5.56 Å². The van der Waals surface area contributed by atoms with E-state index < -0.39 is 0 Å². The number of thiazole rings is 1. The number of aryl methyl sites for hydroxylation is 2. The van der Waals surface area contributed by atoms with Crippen LogP contribution in [0.5, 0.6) is 0 Å². The van der Waals surface area contributed by atoms with Crippen LogP contribution in [0.2, 0.25) is 0 Å². The molecule has 0 unspecified atom stereocenters. The van der Waals surface area contributed by atoms with E-state index >= 15 is 0 Å². The van der Waals surface area contributed by atoms with Crippen LogP contribution >= 0.6 is 11.3 Å². The van der Waals surface area contributed by atoms with E-state index in [2.05, 4.69) is 33.8 Å². The molecule has 4 heteroatoms. The molecule has 0 fully saturated rings. The highest BCUT2D eigenvalue weighted by Crippen LogP contribution is 2.34. The molecule has 1 heterocycles. The van der Waals surface area contributed by atoms with Gasteiger partial charge >= 0.3 is 0 Å². The second-order valence-corrected chi connectivity index (χ2v) is 8.26. The minimum absolute atomic E-state index is 0.202. The van der Waals surface area contributed by atoms with Crippen LogP contribution in [0.25, 0.3) is 22.4 Å². The standard InChI is InChI=1S/C25H20N2OS/c1-27-23-20-13-6-5-11-18(20)15-16-22(23)29-25(27)26-24(28)21-14-8-7-12-19(21)17-9-3-2-4-10-17/h2-14H,15-16H2,1H3. The zero-order chi connectivity index (χ0) is 19.8. The lowest BCUT2D eigenvalue weighted by Gasteiger charge is -2.16. The summed E-state index contributed by atoms with van der Waals surface area (Å²) in [7, 11) is 2.01. The van der Waals surface area contributed by atoms with Gasteiger partial charge in [-0.1, -0.05) is 72.8 Å². The number of aromatic nitrogens is 1. The molecule has 0 N–H and O–H groups in total. The lowest BCUT2D eigenvalue weighted by atomic mass is 9.93. The Labute approximate surface area is 173 Å². The predicted octanol–water partition coefficient (Wildman–Crippen LogP) is 5.26. The third-order valence-electron chi connectivity index (χ3n) is 5.43. The lowest BCUT2D eigenvalue weighted by Crippen LogP contribution is -2.15. The predicted molar refractivity (Wildman–Crippen MR) is 118 cm³/mol. The van der Waals surface area contributed by atoms with Gasteiger partial charge in [0.15, 0.2) is 4.80 Å². The van der Waals surface area contributed by atoms with Gasteiger partial charge in [0.1, 0.15) is 0 Å². The topological polar surface area (TPSA) is 34.4 Å². The van der Waals surface area contributed by atoms with Crippen LogP contribution in [0.3, 0.4) is 0 Å². The number of hydrogen-bond donors (Lipinski definition) is 0. The summed E-state index contributed by atoms with van der Waals surface area (Å²) >= 11 is 1.63. The highest BCUT2D eigenvalue weighted by Gasteiger charge is 2.21. The van der Waals surface area contributed by atoms with Crippen LogP contribution in [-0.2, 0) is 19.9 Å². The SMILES string of the molecule is Cn1c2c(sc1=NC(=O)c1ccccc1-c1ccccc1)CCc1ccccc1-2. The smallest absolute Gasteiger partial charge is 0.280 e. The molecule has 0 spiro atoms. The van der Waals surface area contributed by atoms with Gasteiger partial charge < -0.3 is 4.57 Å². The van der Waals surface area contributed by atoms with E-state index in [1.165, 1.54) is 21.7 Å². The number of fused-ring (bicyclic) bond motifs is 3. The van der Waals surface area contributed by atoms with Crippen LogP contribution in [0.1, 0.15) is 20.8 Å². The first-order valence-electron chi connectivity index (χ1n) is 9.73. The molecule has 0 atom stereocenters. The van der Waals surface area contributed by atoms with E-state index in [-0.39, 0.29) is 5.91 Å². The van der Waals surface area contributed by atoms with Crippen molar-refractivity contribution in [2.45, 2.75) is 12.8 Å². The molecular formula is C25H20N2OS. The summed E-state index contributed by atoms with van der Waals surface area (Å²) in [6.07, 6.45) is 2.03. The highest BCUT2D eigenvalue weighted by molar-refractivity contribution is 7.09. The van der Waals surface area contributed by atoms with Crippen LogP contribution in [-0.4, -0.2) is 10.5 Å². The monoisotopic (exact) mass is 396 g/mol. The van der Waals surface area contributed by atoms with Gasteiger partial charge in [-0.25, -0.2) is 0 Å². The first-order chi connectivity index (χ1) is 14.2. The molecule has 142 valence electrons. The van der Waals surface area contributed by atoms with Crippen molar-refractivity contribution in [3.05, 3.63) is 99.7 Å². The molecule has 3 aromatic carbocycles. The molecule has 5 rings (SSSR count). The Morgan fingerprint density at radius 2 is 1.55 bits per heavy atom. The van der Waals surface area contributed by atoms with Gasteiger partial charge in [0.2, 0.25) is 0 Å². The minimum Gasteiger partial charge on any atom is -0.319 e. The molecule has 1 aromatic heterocycles. The molecule has 0 radical (unpaired) electrons. The summed E-state index contributed by atoms with van der Waals surface area (Å²) in [5.74, 6) is -0.202. The summed E-state index contributed by atoms with van der Waals surface area (Å²) in [6, 6.07) is 26.2. The number of nitrogens with zero attached hydrogens (tertiary/aromatic N) is 2. The molecule has 0 saturated carbocycles. The molecule has 29 heavy (non-hydrogen) atoms. The van der Waals surface area contributed by atoms with Gasteiger partial charge in [0, 0.05) is 23.1 Å². The Morgan fingerprint density at radius 1 is 0.862 bits per heavy atom. The van der Waals surface area contributed by atoms with Gasteiger partial charge in [-0.15, -0.1) is 11.3 Å². The zero-order valence-electron chi connectivity index (χ0n) is 16.1. The maximum atomic E-state index is 13.1. The van der Waals surface area contributed by atoms with Crippen LogP contribution < -0.4 is 4.80 Å². The molecule has 1 aliphatic carbocycles. The Morgan fingerprint density at radius 3 is 2.38 bits per heavy atom.